The maximum absolute atomic E-state index is 12.9. The van der Waals surface area contributed by atoms with E-state index in [1.165, 1.54) is 35.6 Å². The summed E-state index contributed by atoms with van der Waals surface area (Å²) in [7, 11) is 0. The summed E-state index contributed by atoms with van der Waals surface area (Å²) in [5.41, 5.74) is 2.05. The van der Waals surface area contributed by atoms with E-state index in [1.807, 2.05) is 29.6 Å². The highest BCUT2D eigenvalue weighted by molar-refractivity contribution is 7.22. The van der Waals surface area contributed by atoms with Crippen molar-refractivity contribution in [1.29, 1.82) is 0 Å². The molecule has 1 amide bonds. The minimum absolute atomic E-state index is 0.319. The molecular weight excluding hydrogens is 345 g/mol. The van der Waals surface area contributed by atoms with E-state index in [0.717, 1.165) is 20.9 Å². The monoisotopic (exact) mass is 355 g/mol. The number of anilines is 1. The Hall–Kier alpha value is -2.64. The van der Waals surface area contributed by atoms with Crippen LogP contribution in [0.2, 0.25) is 0 Å². The van der Waals surface area contributed by atoms with E-state index in [0.29, 0.717) is 10.7 Å². The molecule has 4 rings (SSSR count). The van der Waals surface area contributed by atoms with Gasteiger partial charge >= 0.3 is 0 Å². The first kappa shape index (κ1) is 14.9. The molecule has 0 aliphatic heterocycles. The average Bonchev–Trinajstić information content (AvgIpc) is 3.21. The van der Waals surface area contributed by atoms with Crippen molar-refractivity contribution in [3.63, 3.8) is 0 Å². The highest BCUT2D eigenvalue weighted by Crippen LogP contribution is 2.32. The zero-order valence-corrected chi connectivity index (χ0v) is 13.8. The number of thiazole rings is 2. The minimum atomic E-state index is -0.376. The first-order valence-corrected chi connectivity index (χ1v) is 8.77. The van der Waals surface area contributed by atoms with Crippen LogP contribution < -0.4 is 5.32 Å². The van der Waals surface area contributed by atoms with Crippen LogP contribution in [0.5, 0.6) is 0 Å². The van der Waals surface area contributed by atoms with Crippen LogP contribution in [0.15, 0.2) is 53.9 Å². The van der Waals surface area contributed by atoms with Crippen molar-refractivity contribution >= 4 is 43.9 Å². The minimum Gasteiger partial charge on any atom is -0.298 e. The predicted octanol–water partition coefficient (Wildman–Crippen LogP) is 4.81. The van der Waals surface area contributed by atoms with E-state index >= 15 is 0 Å². The van der Waals surface area contributed by atoms with Crippen LogP contribution in [-0.2, 0) is 0 Å². The molecule has 2 heterocycles. The summed E-state index contributed by atoms with van der Waals surface area (Å²) < 4.78 is 14.0. The number of amides is 1. The first-order valence-electron chi connectivity index (χ1n) is 7.07. The quantitative estimate of drug-likeness (QED) is 0.574. The predicted molar refractivity (Wildman–Crippen MR) is 95.1 cm³/mol. The third kappa shape index (κ3) is 2.91. The average molecular weight is 355 g/mol. The topological polar surface area (TPSA) is 54.9 Å². The summed E-state index contributed by atoms with van der Waals surface area (Å²) in [6, 6.07) is 13.3. The molecule has 0 fully saturated rings. The van der Waals surface area contributed by atoms with Gasteiger partial charge in [-0.1, -0.05) is 12.1 Å². The third-order valence-corrected chi connectivity index (χ3v) is 5.16. The number of hydrogen-bond acceptors (Lipinski definition) is 5. The Morgan fingerprint density at radius 2 is 1.83 bits per heavy atom. The number of rotatable bonds is 3. The summed E-state index contributed by atoms with van der Waals surface area (Å²) in [4.78, 5) is 21.1. The van der Waals surface area contributed by atoms with E-state index in [4.69, 9.17) is 0 Å². The Morgan fingerprint density at radius 1 is 1.04 bits per heavy atom. The van der Waals surface area contributed by atoms with E-state index in [9.17, 15) is 9.18 Å². The van der Waals surface area contributed by atoms with Crippen LogP contribution in [0.3, 0.4) is 0 Å². The second-order valence-corrected chi connectivity index (χ2v) is 6.87. The fourth-order valence-electron chi connectivity index (χ4n) is 2.18. The van der Waals surface area contributed by atoms with Crippen molar-refractivity contribution in [1.82, 2.24) is 9.97 Å². The number of carbonyl (C=O) groups excluding carboxylic acids is 1. The van der Waals surface area contributed by atoms with E-state index < -0.39 is 0 Å². The first-order chi connectivity index (χ1) is 11.7. The summed E-state index contributed by atoms with van der Waals surface area (Å²) in [5, 5.41) is 5.88. The lowest BCUT2D eigenvalue weighted by molar-refractivity contribution is 0.102. The van der Waals surface area contributed by atoms with Crippen LogP contribution in [0.1, 0.15) is 10.4 Å². The molecule has 0 bridgehead atoms. The van der Waals surface area contributed by atoms with Crippen LogP contribution in [0.25, 0.3) is 20.9 Å². The van der Waals surface area contributed by atoms with E-state index in [-0.39, 0.29) is 11.7 Å². The van der Waals surface area contributed by atoms with Gasteiger partial charge in [0.2, 0.25) is 0 Å². The summed E-state index contributed by atoms with van der Waals surface area (Å²) in [5.74, 6) is -0.695. The van der Waals surface area contributed by atoms with Gasteiger partial charge in [0.15, 0.2) is 5.13 Å². The molecule has 0 saturated carbocycles. The summed E-state index contributed by atoms with van der Waals surface area (Å²) in [6.45, 7) is 0. The van der Waals surface area contributed by atoms with E-state index in [2.05, 4.69) is 15.3 Å². The maximum Gasteiger partial charge on any atom is 0.257 e. The highest BCUT2D eigenvalue weighted by atomic mass is 32.1. The third-order valence-electron chi connectivity index (χ3n) is 3.34. The second-order valence-electron chi connectivity index (χ2n) is 4.99. The molecule has 7 heteroatoms. The van der Waals surface area contributed by atoms with Crippen molar-refractivity contribution in [2.45, 2.75) is 0 Å². The molecule has 0 spiro atoms. The van der Waals surface area contributed by atoms with Gasteiger partial charge in [-0.25, -0.2) is 14.4 Å². The number of halogens is 1. The second kappa shape index (κ2) is 6.10. The van der Waals surface area contributed by atoms with E-state index in [1.54, 1.807) is 11.3 Å². The maximum atomic E-state index is 12.9. The van der Waals surface area contributed by atoms with Crippen LogP contribution in [-0.4, -0.2) is 15.9 Å². The molecule has 0 radical (unpaired) electrons. The number of para-hydroxylation sites is 1. The lowest BCUT2D eigenvalue weighted by Crippen LogP contribution is -2.11. The van der Waals surface area contributed by atoms with Gasteiger partial charge in [0.25, 0.3) is 5.91 Å². The van der Waals surface area contributed by atoms with Gasteiger partial charge in [0.05, 0.1) is 10.2 Å². The van der Waals surface area contributed by atoms with Crippen LogP contribution >= 0.6 is 22.7 Å². The van der Waals surface area contributed by atoms with Gasteiger partial charge in [-0.2, -0.15) is 0 Å². The molecule has 0 atom stereocenters. The number of carbonyl (C=O) groups is 1. The Bertz CT molecular complexity index is 991. The fourth-order valence-corrected chi connectivity index (χ4v) is 3.87. The molecule has 118 valence electrons. The Morgan fingerprint density at radius 3 is 2.62 bits per heavy atom. The lowest BCUT2D eigenvalue weighted by atomic mass is 10.2. The molecule has 2 aromatic heterocycles. The molecular formula is C17H10FN3OS2. The van der Waals surface area contributed by atoms with Crippen LogP contribution in [0, 0.1) is 5.82 Å². The number of fused-ring (bicyclic) bond motifs is 1. The van der Waals surface area contributed by atoms with Gasteiger partial charge in [0.1, 0.15) is 16.5 Å². The van der Waals surface area contributed by atoms with Gasteiger partial charge in [-0.3, -0.25) is 10.1 Å². The van der Waals surface area contributed by atoms with Crippen molar-refractivity contribution in [3.8, 4) is 10.7 Å². The largest absolute Gasteiger partial charge is 0.298 e. The van der Waals surface area contributed by atoms with Crippen molar-refractivity contribution < 1.29 is 9.18 Å². The molecule has 0 aliphatic carbocycles. The van der Waals surface area contributed by atoms with Gasteiger partial charge in [0, 0.05) is 10.9 Å². The number of nitrogens with zero attached hydrogens (tertiary/aromatic N) is 2. The fraction of sp³-hybridized carbons (Fsp3) is 0. The molecule has 0 saturated heterocycles. The SMILES string of the molecule is O=C(Nc1nc(-c2nc3ccccc3s2)cs1)c1ccc(F)cc1. The van der Waals surface area contributed by atoms with Crippen molar-refractivity contribution in [2.24, 2.45) is 0 Å². The molecule has 0 unspecified atom stereocenters. The smallest absolute Gasteiger partial charge is 0.257 e. The number of benzene rings is 2. The molecule has 24 heavy (non-hydrogen) atoms. The highest BCUT2D eigenvalue weighted by Gasteiger charge is 2.12. The number of nitrogens with one attached hydrogen (secondary N) is 1. The number of aromatic nitrogens is 2. The Labute approximate surface area is 144 Å². The molecule has 0 aliphatic rings. The number of hydrogen-bond donors (Lipinski definition) is 1. The van der Waals surface area contributed by atoms with Gasteiger partial charge in [-0.05, 0) is 36.4 Å². The van der Waals surface area contributed by atoms with Crippen molar-refractivity contribution in [3.05, 3.63) is 65.3 Å². The zero-order valence-electron chi connectivity index (χ0n) is 12.2. The standard InChI is InChI=1S/C17H10FN3OS2/c18-11-7-5-10(6-8-11)15(22)21-17-20-13(9-23-17)16-19-12-3-1-2-4-14(12)24-16/h1-9H,(H,20,21,22). The molecule has 4 nitrogen and oxygen atoms in total. The van der Waals surface area contributed by atoms with Crippen LogP contribution in [0.4, 0.5) is 9.52 Å². The summed E-state index contributed by atoms with van der Waals surface area (Å²) in [6.07, 6.45) is 0. The van der Waals surface area contributed by atoms with Gasteiger partial charge < -0.3 is 0 Å². The van der Waals surface area contributed by atoms with Gasteiger partial charge in [-0.15, -0.1) is 22.7 Å². The lowest BCUT2D eigenvalue weighted by Gasteiger charge is -2.01. The zero-order chi connectivity index (χ0) is 16.5. The Kier molecular flexibility index (Phi) is 3.79. The summed E-state index contributed by atoms with van der Waals surface area (Å²) >= 11 is 2.89. The normalized spacial score (nSPS) is 10.9. The molecule has 2 aromatic carbocycles. The Balaban J connectivity index is 1.56. The molecule has 1 N–H and O–H groups in total. The molecule has 4 aromatic rings. The van der Waals surface area contributed by atoms with Crippen molar-refractivity contribution in [2.75, 3.05) is 5.32 Å².